The van der Waals surface area contributed by atoms with E-state index in [-0.39, 0.29) is 0 Å². The Hall–Kier alpha value is -3.58. The molecule has 0 saturated carbocycles. The molecule has 2 N–H and O–H groups in total. The van der Waals surface area contributed by atoms with Crippen molar-refractivity contribution in [3.8, 4) is 45.2 Å². The fourth-order valence-electron chi connectivity index (χ4n) is 3.89. The van der Waals surface area contributed by atoms with Crippen LogP contribution in [0.3, 0.4) is 0 Å². The first-order valence-electron chi connectivity index (χ1n) is 9.92. The fourth-order valence-corrected chi connectivity index (χ4v) is 4.01. The Morgan fingerprint density at radius 1 is 0.806 bits per heavy atom. The molecule has 0 radical (unpaired) electrons. The summed E-state index contributed by atoms with van der Waals surface area (Å²) in [5, 5.41) is 10.3. The van der Waals surface area contributed by atoms with E-state index in [1.165, 1.54) is 0 Å². The smallest absolute Gasteiger partial charge is 0.118 e. The summed E-state index contributed by atoms with van der Waals surface area (Å²) in [5.74, 6) is 0.789. The van der Waals surface area contributed by atoms with Crippen LogP contribution in [0.15, 0.2) is 84.9 Å². The second kappa shape index (κ2) is 9.06. The third-order valence-electron chi connectivity index (χ3n) is 5.39. The maximum Gasteiger partial charge on any atom is 0.118 e. The van der Waals surface area contributed by atoms with Crippen LogP contribution in [0.2, 0.25) is 5.02 Å². The van der Waals surface area contributed by atoms with E-state index in [9.17, 15) is 5.26 Å². The lowest BCUT2D eigenvalue weighted by Crippen LogP contribution is -2.04. The van der Waals surface area contributed by atoms with Crippen molar-refractivity contribution in [2.24, 2.45) is 5.73 Å². The number of hydrogen-bond acceptors (Lipinski definition) is 3. The first-order chi connectivity index (χ1) is 15.2. The molecule has 0 atom stereocenters. The molecule has 4 aromatic carbocycles. The van der Waals surface area contributed by atoms with Crippen molar-refractivity contribution in [1.29, 1.82) is 5.26 Å². The number of rotatable bonds is 5. The Balaban J connectivity index is 2.03. The van der Waals surface area contributed by atoms with Gasteiger partial charge in [-0.3, -0.25) is 0 Å². The molecule has 4 aromatic rings. The molecule has 0 spiro atoms. The van der Waals surface area contributed by atoms with Gasteiger partial charge in [0.2, 0.25) is 0 Å². The first-order valence-corrected chi connectivity index (χ1v) is 10.3. The van der Waals surface area contributed by atoms with Crippen LogP contribution in [-0.2, 0) is 6.54 Å². The zero-order valence-corrected chi connectivity index (χ0v) is 17.9. The monoisotopic (exact) mass is 424 g/mol. The fraction of sp³-hybridized carbons (Fsp3) is 0.0741. The van der Waals surface area contributed by atoms with E-state index in [1.54, 1.807) is 7.11 Å². The van der Waals surface area contributed by atoms with Gasteiger partial charge in [-0.1, -0.05) is 66.2 Å². The molecular formula is C27H21ClN2O. The predicted octanol–water partition coefficient (Wildman–Crippen LogP) is 6.68. The van der Waals surface area contributed by atoms with Crippen molar-refractivity contribution in [3.05, 3.63) is 101 Å². The maximum absolute atomic E-state index is 9.64. The number of methoxy groups -OCH3 is 1. The molecule has 3 nitrogen and oxygen atoms in total. The normalized spacial score (nSPS) is 10.5. The van der Waals surface area contributed by atoms with Crippen LogP contribution in [-0.4, -0.2) is 7.11 Å². The molecule has 4 rings (SSSR count). The number of nitrogens with two attached hydrogens (primary N) is 1. The highest BCUT2D eigenvalue weighted by Gasteiger charge is 2.18. The SMILES string of the molecule is COc1ccc(-c2c(-c3ccc(Cl)cc3)ccc(-c3ccccc3C#N)c2CN)cc1. The Morgan fingerprint density at radius 2 is 1.45 bits per heavy atom. The maximum atomic E-state index is 9.64. The molecule has 0 aliphatic rings. The van der Waals surface area contributed by atoms with E-state index in [2.05, 4.69) is 18.2 Å². The van der Waals surface area contributed by atoms with Crippen LogP contribution in [0.1, 0.15) is 11.1 Å². The Morgan fingerprint density at radius 3 is 2.10 bits per heavy atom. The van der Waals surface area contributed by atoms with Gasteiger partial charge in [-0.25, -0.2) is 0 Å². The predicted molar refractivity (Wildman–Crippen MR) is 127 cm³/mol. The number of hydrogen-bond donors (Lipinski definition) is 1. The highest BCUT2D eigenvalue weighted by atomic mass is 35.5. The largest absolute Gasteiger partial charge is 0.497 e. The summed E-state index contributed by atoms with van der Waals surface area (Å²) >= 11 is 6.12. The quantitative estimate of drug-likeness (QED) is 0.388. The summed E-state index contributed by atoms with van der Waals surface area (Å²) in [5.41, 5.74) is 13.9. The zero-order valence-electron chi connectivity index (χ0n) is 17.1. The van der Waals surface area contributed by atoms with Gasteiger partial charge in [0.05, 0.1) is 18.7 Å². The van der Waals surface area contributed by atoms with Gasteiger partial charge in [-0.05, 0) is 69.3 Å². The third-order valence-corrected chi connectivity index (χ3v) is 5.64. The van der Waals surface area contributed by atoms with Crippen LogP contribution in [0.4, 0.5) is 0 Å². The van der Waals surface area contributed by atoms with Crippen LogP contribution < -0.4 is 10.5 Å². The molecule has 0 amide bonds. The van der Waals surface area contributed by atoms with Gasteiger partial charge >= 0.3 is 0 Å². The standard InChI is InChI=1S/C27H21ClN2O/c1-31-22-12-8-19(9-13-22)27-24(18-6-10-21(28)11-7-18)14-15-25(26(27)17-30)23-5-3-2-4-20(23)16-29/h2-15H,17,30H2,1H3. The van der Waals surface area contributed by atoms with Crippen LogP contribution in [0, 0.1) is 11.3 Å². The van der Waals surface area contributed by atoms with Gasteiger partial charge in [0, 0.05) is 11.6 Å². The Kier molecular flexibility index (Phi) is 6.04. The molecule has 0 saturated heterocycles. The average Bonchev–Trinajstić information content (AvgIpc) is 2.83. The molecule has 0 aliphatic carbocycles. The second-order valence-electron chi connectivity index (χ2n) is 7.11. The van der Waals surface area contributed by atoms with Crippen molar-refractivity contribution in [1.82, 2.24) is 0 Å². The molecular weight excluding hydrogens is 404 g/mol. The number of nitriles is 1. The van der Waals surface area contributed by atoms with Crippen molar-refractivity contribution in [2.45, 2.75) is 6.54 Å². The van der Waals surface area contributed by atoms with Gasteiger partial charge < -0.3 is 10.5 Å². The van der Waals surface area contributed by atoms with Crippen molar-refractivity contribution >= 4 is 11.6 Å². The van der Waals surface area contributed by atoms with Gasteiger partial charge in [0.15, 0.2) is 0 Å². The van der Waals surface area contributed by atoms with E-state index in [4.69, 9.17) is 22.1 Å². The van der Waals surface area contributed by atoms with Gasteiger partial charge in [0.25, 0.3) is 0 Å². The summed E-state index contributed by atoms with van der Waals surface area (Å²) in [6.45, 7) is 0.331. The number of nitrogens with zero attached hydrogens (tertiary/aromatic N) is 1. The van der Waals surface area contributed by atoms with E-state index in [0.29, 0.717) is 17.1 Å². The molecule has 31 heavy (non-hydrogen) atoms. The molecule has 0 fully saturated rings. The minimum atomic E-state index is 0.331. The molecule has 0 bridgehead atoms. The lowest BCUT2D eigenvalue weighted by molar-refractivity contribution is 0.415. The van der Waals surface area contributed by atoms with Gasteiger partial charge in [-0.2, -0.15) is 5.26 Å². The third kappa shape index (κ3) is 4.04. The highest BCUT2D eigenvalue weighted by molar-refractivity contribution is 6.30. The molecule has 152 valence electrons. The van der Waals surface area contributed by atoms with Crippen LogP contribution >= 0.6 is 11.6 Å². The van der Waals surface area contributed by atoms with E-state index in [1.807, 2.05) is 72.8 Å². The lowest BCUT2D eigenvalue weighted by Gasteiger charge is -2.20. The summed E-state index contributed by atoms with van der Waals surface area (Å²) in [4.78, 5) is 0. The molecule has 4 heteroatoms. The van der Waals surface area contributed by atoms with Crippen molar-refractivity contribution in [2.75, 3.05) is 7.11 Å². The molecule has 0 aliphatic heterocycles. The Bertz CT molecular complexity index is 1260. The summed E-state index contributed by atoms with van der Waals surface area (Å²) < 4.78 is 5.34. The first kappa shape index (κ1) is 20.7. The van der Waals surface area contributed by atoms with E-state index < -0.39 is 0 Å². The summed E-state index contributed by atoms with van der Waals surface area (Å²) in [6.07, 6.45) is 0. The number of ether oxygens (including phenoxy) is 1. The van der Waals surface area contributed by atoms with E-state index in [0.717, 1.165) is 44.7 Å². The van der Waals surface area contributed by atoms with Gasteiger partial charge in [0.1, 0.15) is 5.75 Å². The molecule has 0 heterocycles. The highest BCUT2D eigenvalue weighted by Crippen LogP contribution is 2.41. The summed E-state index contributed by atoms with van der Waals surface area (Å²) in [7, 11) is 1.65. The molecule has 0 unspecified atom stereocenters. The molecule has 0 aromatic heterocycles. The number of benzene rings is 4. The summed E-state index contributed by atoms with van der Waals surface area (Å²) in [6, 6.07) is 29.8. The average molecular weight is 425 g/mol. The van der Waals surface area contributed by atoms with E-state index >= 15 is 0 Å². The minimum absolute atomic E-state index is 0.331. The topological polar surface area (TPSA) is 59.0 Å². The van der Waals surface area contributed by atoms with Crippen LogP contribution in [0.5, 0.6) is 5.75 Å². The number of halogens is 1. The lowest BCUT2D eigenvalue weighted by atomic mass is 9.85. The van der Waals surface area contributed by atoms with Gasteiger partial charge in [-0.15, -0.1) is 0 Å². The Labute approximate surface area is 187 Å². The minimum Gasteiger partial charge on any atom is -0.497 e. The van der Waals surface area contributed by atoms with Crippen LogP contribution in [0.25, 0.3) is 33.4 Å². The zero-order chi connectivity index (χ0) is 21.8. The van der Waals surface area contributed by atoms with Crippen molar-refractivity contribution < 1.29 is 4.74 Å². The van der Waals surface area contributed by atoms with Crippen molar-refractivity contribution in [3.63, 3.8) is 0 Å². The second-order valence-corrected chi connectivity index (χ2v) is 7.55.